The molecular formula is C12H10N2O2. The molecule has 2 aliphatic rings. The number of benzene rings is 1. The molecule has 3 rings (SSSR count). The van der Waals surface area contributed by atoms with Crippen molar-refractivity contribution in [3.63, 3.8) is 0 Å². The maximum Gasteiger partial charge on any atom is 0.262 e. The zero-order valence-corrected chi connectivity index (χ0v) is 8.62. The fourth-order valence-electron chi connectivity index (χ4n) is 1.96. The van der Waals surface area contributed by atoms with Gasteiger partial charge in [0.1, 0.15) is 5.75 Å². The lowest BCUT2D eigenvalue weighted by molar-refractivity contribution is -0.118. The van der Waals surface area contributed by atoms with E-state index in [1.54, 1.807) is 6.07 Å². The third kappa shape index (κ3) is 1.25. The molecule has 1 aromatic rings. The highest BCUT2D eigenvalue weighted by Crippen LogP contribution is 2.49. The van der Waals surface area contributed by atoms with E-state index in [1.807, 2.05) is 12.1 Å². The van der Waals surface area contributed by atoms with E-state index in [1.165, 1.54) is 0 Å². The summed E-state index contributed by atoms with van der Waals surface area (Å²) in [6.45, 7) is 0.0516. The summed E-state index contributed by atoms with van der Waals surface area (Å²) in [6.07, 6.45) is 1.82. The standard InChI is InChI=1S/C12H10N2O2/c13-7-12(3-4-12)8-1-2-9-10(5-8)16-6-11(15)14-9/h1-2,5H,3-4,6H2,(H,14,15). The highest BCUT2D eigenvalue weighted by Gasteiger charge is 2.45. The van der Waals surface area contributed by atoms with Crippen LogP contribution >= 0.6 is 0 Å². The molecule has 0 aromatic heterocycles. The second kappa shape index (κ2) is 2.99. The Kier molecular flexibility index (Phi) is 1.72. The minimum atomic E-state index is -0.306. The first-order chi connectivity index (χ1) is 7.73. The number of anilines is 1. The molecule has 16 heavy (non-hydrogen) atoms. The molecule has 0 unspecified atom stereocenters. The van der Waals surface area contributed by atoms with E-state index in [2.05, 4.69) is 11.4 Å². The van der Waals surface area contributed by atoms with Gasteiger partial charge in [-0.1, -0.05) is 6.07 Å². The molecule has 0 radical (unpaired) electrons. The summed E-state index contributed by atoms with van der Waals surface area (Å²) in [4.78, 5) is 11.1. The van der Waals surface area contributed by atoms with E-state index in [0.29, 0.717) is 11.4 Å². The van der Waals surface area contributed by atoms with Gasteiger partial charge in [-0.2, -0.15) is 5.26 Å². The zero-order chi connectivity index (χ0) is 11.2. The van der Waals surface area contributed by atoms with E-state index in [-0.39, 0.29) is 17.9 Å². The lowest BCUT2D eigenvalue weighted by Gasteiger charge is -2.19. The van der Waals surface area contributed by atoms with Gasteiger partial charge in [0.2, 0.25) is 0 Å². The van der Waals surface area contributed by atoms with Crippen molar-refractivity contribution in [1.82, 2.24) is 0 Å². The average Bonchev–Trinajstić information content (AvgIpc) is 3.09. The normalized spacial score (nSPS) is 20.1. The fraction of sp³-hybridized carbons (Fsp3) is 0.333. The highest BCUT2D eigenvalue weighted by molar-refractivity contribution is 5.95. The maximum atomic E-state index is 11.1. The number of rotatable bonds is 1. The Morgan fingerprint density at radius 3 is 2.94 bits per heavy atom. The first-order valence-corrected chi connectivity index (χ1v) is 5.22. The molecular weight excluding hydrogens is 204 g/mol. The molecule has 1 amide bonds. The molecule has 0 spiro atoms. The van der Waals surface area contributed by atoms with Crippen molar-refractivity contribution >= 4 is 11.6 Å². The molecule has 4 nitrogen and oxygen atoms in total. The number of amides is 1. The van der Waals surface area contributed by atoms with E-state index in [0.717, 1.165) is 18.4 Å². The minimum Gasteiger partial charge on any atom is -0.482 e. The van der Waals surface area contributed by atoms with Gasteiger partial charge in [-0.05, 0) is 30.5 Å². The minimum absolute atomic E-state index is 0.0516. The predicted molar refractivity (Wildman–Crippen MR) is 57.1 cm³/mol. The second-order valence-electron chi connectivity index (χ2n) is 4.24. The molecule has 0 atom stereocenters. The van der Waals surface area contributed by atoms with Gasteiger partial charge in [0.05, 0.1) is 17.2 Å². The summed E-state index contributed by atoms with van der Waals surface area (Å²) in [5.74, 6) is 0.528. The van der Waals surface area contributed by atoms with Gasteiger partial charge in [0, 0.05) is 0 Å². The number of carbonyl (C=O) groups excluding carboxylic acids is 1. The number of hydrogen-bond acceptors (Lipinski definition) is 3. The van der Waals surface area contributed by atoms with Crippen LogP contribution in [-0.4, -0.2) is 12.5 Å². The lowest BCUT2D eigenvalue weighted by Crippen LogP contribution is -2.25. The van der Waals surface area contributed by atoms with Crippen molar-refractivity contribution in [1.29, 1.82) is 5.26 Å². The van der Waals surface area contributed by atoms with Crippen LogP contribution in [0.2, 0.25) is 0 Å². The Labute approximate surface area is 92.8 Å². The van der Waals surface area contributed by atoms with Crippen LogP contribution < -0.4 is 10.1 Å². The van der Waals surface area contributed by atoms with Crippen LogP contribution in [0.15, 0.2) is 18.2 Å². The SMILES string of the molecule is N#CC1(c2ccc3c(c2)OCC(=O)N3)CC1. The summed E-state index contributed by atoms with van der Waals surface area (Å²) in [7, 11) is 0. The van der Waals surface area contributed by atoms with Gasteiger partial charge in [-0.25, -0.2) is 0 Å². The maximum absolute atomic E-state index is 11.1. The van der Waals surface area contributed by atoms with E-state index in [4.69, 9.17) is 10.00 Å². The number of nitriles is 1. The quantitative estimate of drug-likeness (QED) is 0.771. The Hall–Kier alpha value is -2.02. The first kappa shape index (κ1) is 9.22. The number of ether oxygens (including phenoxy) is 1. The molecule has 1 aromatic carbocycles. The van der Waals surface area contributed by atoms with Gasteiger partial charge >= 0.3 is 0 Å². The molecule has 1 aliphatic heterocycles. The Balaban J connectivity index is 2.01. The molecule has 4 heteroatoms. The summed E-state index contributed by atoms with van der Waals surface area (Å²) in [5.41, 5.74) is 1.37. The molecule has 1 aliphatic carbocycles. The summed E-state index contributed by atoms with van der Waals surface area (Å²) >= 11 is 0. The third-order valence-electron chi connectivity index (χ3n) is 3.13. The summed E-state index contributed by atoms with van der Waals surface area (Å²) in [5, 5.41) is 11.8. The fourth-order valence-corrected chi connectivity index (χ4v) is 1.96. The lowest BCUT2D eigenvalue weighted by atomic mass is 9.97. The molecule has 1 fully saturated rings. The number of nitrogens with zero attached hydrogens (tertiary/aromatic N) is 1. The second-order valence-corrected chi connectivity index (χ2v) is 4.24. The molecule has 1 saturated carbocycles. The van der Waals surface area contributed by atoms with E-state index in [9.17, 15) is 4.79 Å². The Bertz CT molecular complexity index is 512. The summed E-state index contributed by atoms with van der Waals surface area (Å²) < 4.78 is 5.32. The Morgan fingerprint density at radius 2 is 2.25 bits per heavy atom. The number of carbonyl (C=O) groups is 1. The van der Waals surface area contributed by atoms with Crippen LogP contribution in [-0.2, 0) is 10.2 Å². The number of fused-ring (bicyclic) bond motifs is 1. The van der Waals surface area contributed by atoms with Crippen molar-refractivity contribution in [2.75, 3.05) is 11.9 Å². The monoisotopic (exact) mass is 214 g/mol. The molecule has 0 saturated heterocycles. The van der Waals surface area contributed by atoms with Crippen LogP contribution in [0.3, 0.4) is 0 Å². The average molecular weight is 214 g/mol. The molecule has 80 valence electrons. The third-order valence-corrected chi connectivity index (χ3v) is 3.13. The number of nitrogens with one attached hydrogen (secondary N) is 1. The first-order valence-electron chi connectivity index (χ1n) is 5.22. The molecule has 1 N–H and O–H groups in total. The highest BCUT2D eigenvalue weighted by atomic mass is 16.5. The van der Waals surface area contributed by atoms with Gasteiger partial charge < -0.3 is 10.1 Å². The smallest absolute Gasteiger partial charge is 0.262 e. The van der Waals surface area contributed by atoms with Gasteiger partial charge in [0.15, 0.2) is 6.61 Å². The van der Waals surface area contributed by atoms with Crippen molar-refractivity contribution in [2.45, 2.75) is 18.3 Å². The van der Waals surface area contributed by atoms with Crippen LogP contribution in [0.5, 0.6) is 5.75 Å². The van der Waals surface area contributed by atoms with Crippen molar-refractivity contribution in [3.05, 3.63) is 23.8 Å². The largest absolute Gasteiger partial charge is 0.482 e. The van der Waals surface area contributed by atoms with Crippen molar-refractivity contribution < 1.29 is 9.53 Å². The summed E-state index contributed by atoms with van der Waals surface area (Å²) in [6, 6.07) is 7.91. The topological polar surface area (TPSA) is 62.1 Å². The van der Waals surface area contributed by atoms with Gasteiger partial charge in [-0.15, -0.1) is 0 Å². The van der Waals surface area contributed by atoms with E-state index < -0.39 is 0 Å². The van der Waals surface area contributed by atoms with E-state index >= 15 is 0 Å². The van der Waals surface area contributed by atoms with Crippen LogP contribution in [0.25, 0.3) is 0 Å². The van der Waals surface area contributed by atoms with Crippen molar-refractivity contribution in [3.8, 4) is 11.8 Å². The molecule has 0 bridgehead atoms. The molecule has 1 heterocycles. The Morgan fingerprint density at radius 1 is 1.44 bits per heavy atom. The predicted octanol–water partition coefficient (Wildman–Crippen LogP) is 1.57. The van der Waals surface area contributed by atoms with Crippen LogP contribution in [0.1, 0.15) is 18.4 Å². The van der Waals surface area contributed by atoms with Crippen LogP contribution in [0.4, 0.5) is 5.69 Å². The van der Waals surface area contributed by atoms with Gasteiger partial charge in [0.25, 0.3) is 5.91 Å². The number of hydrogen-bond donors (Lipinski definition) is 1. The van der Waals surface area contributed by atoms with Crippen molar-refractivity contribution in [2.24, 2.45) is 0 Å². The van der Waals surface area contributed by atoms with Gasteiger partial charge in [-0.3, -0.25) is 4.79 Å². The zero-order valence-electron chi connectivity index (χ0n) is 8.62. The van der Waals surface area contributed by atoms with Crippen LogP contribution in [0, 0.1) is 11.3 Å².